The summed E-state index contributed by atoms with van der Waals surface area (Å²) in [5.74, 6) is 0. The zero-order valence-electron chi connectivity index (χ0n) is 15.2. The van der Waals surface area contributed by atoms with Gasteiger partial charge in [0.25, 0.3) is 0 Å². The van der Waals surface area contributed by atoms with E-state index in [1.165, 1.54) is 0 Å². The summed E-state index contributed by atoms with van der Waals surface area (Å²) in [4.78, 5) is 0. The second-order valence-electron chi connectivity index (χ2n) is 6.73. The predicted octanol–water partition coefficient (Wildman–Crippen LogP) is 2.81. The van der Waals surface area contributed by atoms with Crippen molar-refractivity contribution in [2.24, 2.45) is 0 Å². The molecular weight excluding hydrogens is 344 g/mol. The van der Waals surface area contributed by atoms with Gasteiger partial charge >= 0.3 is 0 Å². The Kier molecular flexibility index (Phi) is 6.77. The van der Waals surface area contributed by atoms with E-state index in [4.69, 9.17) is 14.2 Å². The third-order valence-corrected chi connectivity index (χ3v) is 4.70. The molecule has 0 spiro atoms. The van der Waals surface area contributed by atoms with Crippen LogP contribution >= 0.6 is 0 Å². The number of hydrogen-bond donors (Lipinski definition) is 2. The molecule has 2 N–H and O–H groups in total. The van der Waals surface area contributed by atoms with Gasteiger partial charge in [0, 0.05) is 6.42 Å². The normalized spacial score (nSPS) is 27.6. The molecule has 1 unspecified atom stereocenters. The van der Waals surface area contributed by atoms with E-state index in [1.54, 1.807) is 6.08 Å². The smallest absolute Gasteiger partial charge is 0.187 e. The van der Waals surface area contributed by atoms with Crippen LogP contribution in [0.15, 0.2) is 73.3 Å². The minimum atomic E-state index is -1.56. The van der Waals surface area contributed by atoms with Crippen LogP contribution < -0.4 is 0 Å². The fourth-order valence-corrected chi connectivity index (χ4v) is 3.27. The van der Waals surface area contributed by atoms with Gasteiger partial charge in [0.2, 0.25) is 0 Å². The molecule has 1 saturated heterocycles. The summed E-state index contributed by atoms with van der Waals surface area (Å²) in [6, 6.07) is 19.5. The lowest BCUT2D eigenvalue weighted by Crippen LogP contribution is -2.49. The molecule has 144 valence electrons. The zero-order valence-corrected chi connectivity index (χ0v) is 15.2. The summed E-state index contributed by atoms with van der Waals surface area (Å²) in [6.07, 6.45) is -0.970. The highest BCUT2D eigenvalue weighted by atomic mass is 16.7. The van der Waals surface area contributed by atoms with E-state index in [-0.39, 0.29) is 13.0 Å². The number of ether oxygens (including phenoxy) is 3. The van der Waals surface area contributed by atoms with Crippen LogP contribution in [0.1, 0.15) is 17.5 Å². The largest absolute Gasteiger partial charge is 0.381 e. The molecule has 3 rings (SSSR count). The van der Waals surface area contributed by atoms with Crippen LogP contribution in [0.2, 0.25) is 0 Å². The quantitative estimate of drug-likeness (QED) is 0.665. The summed E-state index contributed by atoms with van der Waals surface area (Å²) in [6.45, 7) is 4.59. The first-order valence-corrected chi connectivity index (χ1v) is 9.07. The van der Waals surface area contributed by atoms with Gasteiger partial charge in [-0.05, 0) is 11.1 Å². The molecule has 2 aromatic rings. The first-order chi connectivity index (χ1) is 13.1. The van der Waals surface area contributed by atoms with E-state index in [0.717, 1.165) is 11.1 Å². The molecule has 0 amide bonds. The Morgan fingerprint density at radius 3 is 2.19 bits per heavy atom. The molecule has 0 radical (unpaired) electrons. The third kappa shape index (κ3) is 4.83. The van der Waals surface area contributed by atoms with Crippen molar-refractivity contribution in [2.45, 2.75) is 43.7 Å². The average Bonchev–Trinajstić information content (AvgIpc) is 2.92. The van der Waals surface area contributed by atoms with Crippen molar-refractivity contribution in [1.82, 2.24) is 0 Å². The van der Waals surface area contributed by atoms with Crippen LogP contribution in [-0.4, -0.2) is 40.9 Å². The van der Waals surface area contributed by atoms with Crippen LogP contribution in [-0.2, 0) is 27.4 Å². The first kappa shape index (κ1) is 19.7. The summed E-state index contributed by atoms with van der Waals surface area (Å²) in [5.41, 5.74) is 0.458. The number of aliphatic hydroxyl groups is 2. The van der Waals surface area contributed by atoms with Gasteiger partial charge < -0.3 is 24.4 Å². The topological polar surface area (TPSA) is 68.2 Å². The fraction of sp³-hybridized carbons (Fsp3) is 0.364. The van der Waals surface area contributed by atoms with Crippen LogP contribution in [0.5, 0.6) is 0 Å². The molecule has 5 nitrogen and oxygen atoms in total. The van der Waals surface area contributed by atoms with Gasteiger partial charge in [-0.25, -0.2) is 0 Å². The van der Waals surface area contributed by atoms with E-state index < -0.39 is 24.1 Å². The van der Waals surface area contributed by atoms with E-state index in [0.29, 0.717) is 13.2 Å². The van der Waals surface area contributed by atoms with Crippen LogP contribution in [0, 0.1) is 0 Å². The molecule has 4 atom stereocenters. The van der Waals surface area contributed by atoms with Gasteiger partial charge in [0.05, 0.1) is 19.8 Å². The monoisotopic (exact) mass is 370 g/mol. The van der Waals surface area contributed by atoms with Gasteiger partial charge in [-0.2, -0.15) is 0 Å². The second kappa shape index (κ2) is 9.26. The lowest BCUT2D eigenvalue weighted by atomic mass is 9.91. The molecular formula is C22H26O5. The number of benzene rings is 2. The maximum atomic E-state index is 11.0. The third-order valence-electron chi connectivity index (χ3n) is 4.70. The highest BCUT2D eigenvalue weighted by Gasteiger charge is 2.55. The molecule has 1 heterocycles. The summed E-state index contributed by atoms with van der Waals surface area (Å²) in [5, 5.41) is 21.2. The van der Waals surface area contributed by atoms with E-state index >= 15 is 0 Å². The van der Waals surface area contributed by atoms with Crippen LogP contribution in [0.4, 0.5) is 0 Å². The van der Waals surface area contributed by atoms with Crippen LogP contribution in [0.25, 0.3) is 0 Å². The molecule has 27 heavy (non-hydrogen) atoms. The fourth-order valence-electron chi connectivity index (χ4n) is 3.27. The lowest BCUT2D eigenvalue weighted by Gasteiger charge is -2.31. The Labute approximate surface area is 159 Å². The summed E-state index contributed by atoms with van der Waals surface area (Å²) in [7, 11) is 0. The van der Waals surface area contributed by atoms with Gasteiger partial charge in [-0.1, -0.05) is 66.7 Å². The molecule has 1 aliphatic rings. The molecule has 0 aliphatic carbocycles. The number of hydrogen-bond acceptors (Lipinski definition) is 5. The van der Waals surface area contributed by atoms with Gasteiger partial charge in [-0.3, -0.25) is 0 Å². The lowest BCUT2D eigenvalue weighted by molar-refractivity contribution is -0.180. The standard InChI is InChI=1S/C22H26O5/c1-2-13-22(24)20(26-15-18-11-7-4-8-12-18)19(27-21(22)23)16-25-14-17-9-5-3-6-10-17/h2-12,19-21,23-24H,1,13-16H2/t19-,20-,21?,22-/m1/s1. The van der Waals surface area contributed by atoms with Crippen molar-refractivity contribution in [3.05, 3.63) is 84.4 Å². The van der Waals surface area contributed by atoms with Crippen molar-refractivity contribution < 1.29 is 24.4 Å². The highest BCUT2D eigenvalue weighted by molar-refractivity contribution is 5.15. The van der Waals surface area contributed by atoms with Crippen molar-refractivity contribution in [3.63, 3.8) is 0 Å². The maximum Gasteiger partial charge on any atom is 0.187 e. The second-order valence-corrected chi connectivity index (χ2v) is 6.73. The molecule has 0 saturated carbocycles. The molecule has 0 bridgehead atoms. The Morgan fingerprint density at radius 2 is 1.59 bits per heavy atom. The Hall–Kier alpha value is -2.02. The SMILES string of the molecule is C=CC[C@]1(O)C(O)O[C@H](COCc2ccccc2)[C@H]1OCc1ccccc1. The molecule has 1 fully saturated rings. The summed E-state index contributed by atoms with van der Waals surface area (Å²) >= 11 is 0. The molecule has 1 aliphatic heterocycles. The molecule has 2 aromatic carbocycles. The molecule has 0 aromatic heterocycles. The predicted molar refractivity (Wildman–Crippen MR) is 102 cm³/mol. The maximum absolute atomic E-state index is 11.0. The van der Waals surface area contributed by atoms with E-state index in [2.05, 4.69) is 6.58 Å². The minimum absolute atomic E-state index is 0.156. The van der Waals surface area contributed by atoms with Crippen LogP contribution in [0.3, 0.4) is 0 Å². The average molecular weight is 370 g/mol. The van der Waals surface area contributed by atoms with E-state index in [1.807, 2.05) is 60.7 Å². The molecule has 5 heteroatoms. The Bertz CT molecular complexity index is 705. The van der Waals surface area contributed by atoms with Crippen molar-refractivity contribution in [1.29, 1.82) is 0 Å². The summed E-state index contributed by atoms with van der Waals surface area (Å²) < 4.78 is 17.3. The Morgan fingerprint density at radius 1 is 1.00 bits per heavy atom. The number of rotatable bonds is 9. The van der Waals surface area contributed by atoms with Gasteiger partial charge in [-0.15, -0.1) is 6.58 Å². The minimum Gasteiger partial charge on any atom is -0.381 e. The van der Waals surface area contributed by atoms with Crippen molar-refractivity contribution in [2.75, 3.05) is 6.61 Å². The number of aliphatic hydroxyl groups excluding tert-OH is 1. The Balaban J connectivity index is 1.65. The highest BCUT2D eigenvalue weighted by Crippen LogP contribution is 2.36. The van der Waals surface area contributed by atoms with Gasteiger partial charge in [0.15, 0.2) is 6.29 Å². The van der Waals surface area contributed by atoms with E-state index in [9.17, 15) is 10.2 Å². The first-order valence-electron chi connectivity index (χ1n) is 9.07. The zero-order chi connectivity index (χ0) is 19.1. The van der Waals surface area contributed by atoms with Gasteiger partial charge in [0.1, 0.15) is 17.8 Å². The van der Waals surface area contributed by atoms with Crippen molar-refractivity contribution >= 4 is 0 Å². The van der Waals surface area contributed by atoms with Crippen molar-refractivity contribution in [3.8, 4) is 0 Å².